The number of anilines is 4. The highest BCUT2D eigenvalue weighted by atomic mass is 16.6. The van der Waals surface area contributed by atoms with Gasteiger partial charge in [0, 0.05) is 17.9 Å². The number of methoxy groups -OCH3 is 1. The molecule has 10 heteroatoms. The fourth-order valence-electron chi connectivity index (χ4n) is 4.48. The molecule has 3 N–H and O–H groups in total. The van der Waals surface area contributed by atoms with Gasteiger partial charge in [0.1, 0.15) is 11.5 Å². The van der Waals surface area contributed by atoms with Crippen molar-refractivity contribution in [1.29, 1.82) is 0 Å². The molecule has 0 aliphatic carbocycles. The van der Waals surface area contributed by atoms with Gasteiger partial charge in [-0.05, 0) is 68.3 Å². The Labute approximate surface area is 239 Å². The van der Waals surface area contributed by atoms with Gasteiger partial charge in [-0.15, -0.1) is 0 Å². The first-order valence-corrected chi connectivity index (χ1v) is 13.2. The molecule has 0 spiro atoms. The van der Waals surface area contributed by atoms with Crippen LogP contribution in [0, 0.1) is 5.92 Å². The Hall–Kier alpha value is -4.86. The molecule has 3 aromatic carbocycles. The van der Waals surface area contributed by atoms with E-state index in [2.05, 4.69) is 5.32 Å². The van der Waals surface area contributed by atoms with E-state index < -0.39 is 41.8 Å². The van der Waals surface area contributed by atoms with Gasteiger partial charge >= 0.3 is 12.1 Å². The summed E-state index contributed by atoms with van der Waals surface area (Å²) < 4.78 is 10.1. The van der Waals surface area contributed by atoms with Crippen molar-refractivity contribution in [2.45, 2.75) is 45.9 Å². The number of para-hydroxylation sites is 2. The Morgan fingerprint density at radius 1 is 0.878 bits per heavy atom. The quantitative estimate of drug-likeness (QED) is 0.244. The lowest BCUT2D eigenvalue weighted by Gasteiger charge is -2.26. The van der Waals surface area contributed by atoms with Crippen molar-refractivity contribution >= 4 is 46.6 Å². The second-order valence-electron chi connectivity index (χ2n) is 10.7. The highest BCUT2D eigenvalue weighted by molar-refractivity contribution is 6.21. The molecule has 3 amide bonds. The van der Waals surface area contributed by atoms with Crippen molar-refractivity contribution in [2.75, 3.05) is 22.6 Å². The number of nitrogens with zero attached hydrogens (tertiary/aromatic N) is 2. The summed E-state index contributed by atoms with van der Waals surface area (Å²) in [7, 11) is 1.22. The number of amides is 3. The Morgan fingerprint density at radius 2 is 1.49 bits per heavy atom. The second kappa shape index (κ2) is 12.1. The summed E-state index contributed by atoms with van der Waals surface area (Å²) in [6, 6.07) is 21.2. The summed E-state index contributed by atoms with van der Waals surface area (Å²) >= 11 is 0. The number of nitrogen functional groups attached to an aromatic ring is 1. The van der Waals surface area contributed by atoms with Crippen LogP contribution in [-0.2, 0) is 36.9 Å². The van der Waals surface area contributed by atoms with Gasteiger partial charge in [-0.2, -0.15) is 0 Å². The summed E-state index contributed by atoms with van der Waals surface area (Å²) in [4.78, 5) is 55.3. The molecule has 0 radical (unpaired) electrons. The lowest BCUT2D eigenvalue weighted by Crippen LogP contribution is -2.41. The number of benzene rings is 3. The smallest absolute Gasteiger partial charge is 0.407 e. The van der Waals surface area contributed by atoms with E-state index >= 15 is 0 Å². The zero-order valence-electron chi connectivity index (χ0n) is 23.5. The van der Waals surface area contributed by atoms with Gasteiger partial charge in [-0.3, -0.25) is 19.3 Å². The normalized spacial score (nSPS) is 15.2. The number of carbonyl (C=O) groups excluding carboxylic acids is 4. The summed E-state index contributed by atoms with van der Waals surface area (Å²) in [5, 5.41) is 2.71. The summed E-state index contributed by atoms with van der Waals surface area (Å²) in [6.07, 6.45) is -0.946. The van der Waals surface area contributed by atoms with E-state index in [-0.39, 0.29) is 13.1 Å². The number of ether oxygens (including phenoxy) is 2. The van der Waals surface area contributed by atoms with E-state index in [1.165, 1.54) is 16.9 Å². The zero-order valence-corrected chi connectivity index (χ0v) is 23.5. The molecule has 41 heavy (non-hydrogen) atoms. The zero-order chi connectivity index (χ0) is 29.7. The van der Waals surface area contributed by atoms with E-state index in [1.807, 2.05) is 12.1 Å². The topological polar surface area (TPSA) is 131 Å². The van der Waals surface area contributed by atoms with Crippen LogP contribution in [0.1, 0.15) is 38.3 Å². The third-order valence-corrected chi connectivity index (χ3v) is 6.45. The molecule has 1 aliphatic rings. The molecule has 0 saturated carbocycles. The Morgan fingerprint density at radius 3 is 2.10 bits per heavy atom. The van der Waals surface area contributed by atoms with Gasteiger partial charge in [-0.25, -0.2) is 4.79 Å². The van der Waals surface area contributed by atoms with Crippen LogP contribution >= 0.6 is 0 Å². The first kappa shape index (κ1) is 29.1. The lowest BCUT2D eigenvalue weighted by molar-refractivity contribution is -0.146. The van der Waals surface area contributed by atoms with E-state index in [0.717, 1.165) is 11.1 Å². The highest BCUT2D eigenvalue weighted by Crippen LogP contribution is 2.40. The number of carbonyl (C=O) groups is 4. The van der Waals surface area contributed by atoms with Crippen LogP contribution in [-0.4, -0.2) is 36.6 Å². The summed E-state index contributed by atoms with van der Waals surface area (Å²) in [6.45, 7) is 5.74. The van der Waals surface area contributed by atoms with Gasteiger partial charge in [-0.1, -0.05) is 36.4 Å². The van der Waals surface area contributed by atoms with Crippen LogP contribution in [0.2, 0.25) is 0 Å². The van der Waals surface area contributed by atoms with Crippen LogP contribution in [0.4, 0.5) is 27.5 Å². The first-order chi connectivity index (χ1) is 19.5. The SMILES string of the molecule is COC(=O)CC1C(=O)N(Cc2ccc(N)cc2)c2ccccc2N(c2ccc(CNC(=O)OC(C)(C)C)cc2)C1=O. The number of alkyl carbamates (subject to hydrolysis) is 1. The van der Waals surface area contributed by atoms with E-state index in [0.29, 0.717) is 22.7 Å². The molecule has 1 atom stereocenters. The Bertz CT molecular complexity index is 1430. The molecular weight excluding hydrogens is 524 g/mol. The molecule has 10 nitrogen and oxygen atoms in total. The second-order valence-corrected chi connectivity index (χ2v) is 10.7. The van der Waals surface area contributed by atoms with Gasteiger partial charge < -0.3 is 25.4 Å². The standard InChI is InChI=1S/C31H34N4O6/c1-31(2,3)41-30(39)33-18-20-11-15-23(16-12-20)35-26-8-6-5-7-25(26)34(19-21-9-13-22(32)14-10-21)28(37)24(29(35)38)17-27(36)40-4/h5-16,24H,17-19,32H2,1-4H3,(H,33,39). The maximum absolute atomic E-state index is 14.0. The number of fused-ring (bicyclic) bond motifs is 1. The molecule has 0 fully saturated rings. The molecule has 1 heterocycles. The molecule has 4 rings (SSSR count). The molecule has 0 aromatic heterocycles. The monoisotopic (exact) mass is 558 g/mol. The number of hydrogen-bond acceptors (Lipinski definition) is 7. The van der Waals surface area contributed by atoms with Crippen molar-refractivity contribution in [2.24, 2.45) is 5.92 Å². The van der Waals surface area contributed by atoms with Crippen LogP contribution in [0.5, 0.6) is 0 Å². The van der Waals surface area contributed by atoms with Gasteiger partial charge in [0.05, 0.1) is 31.5 Å². The summed E-state index contributed by atoms with van der Waals surface area (Å²) in [5.74, 6) is -3.03. The van der Waals surface area contributed by atoms with Crippen LogP contribution in [0.25, 0.3) is 0 Å². The predicted octanol–water partition coefficient (Wildman–Crippen LogP) is 4.68. The van der Waals surface area contributed by atoms with Gasteiger partial charge in [0.25, 0.3) is 0 Å². The van der Waals surface area contributed by atoms with Crippen LogP contribution in [0.15, 0.2) is 72.8 Å². The van der Waals surface area contributed by atoms with E-state index in [9.17, 15) is 19.2 Å². The van der Waals surface area contributed by atoms with Crippen molar-refractivity contribution in [3.05, 3.63) is 83.9 Å². The first-order valence-electron chi connectivity index (χ1n) is 13.2. The summed E-state index contributed by atoms with van der Waals surface area (Å²) in [5.41, 5.74) is 8.91. The predicted molar refractivity (Wildman–Crippen MR) is 155 cm³/mol. The molecule has 1 unspecified atom stereocenters. The number of esters is 1. The average molecular weight is 559 g/mol. The van der Waals surface area contributed by atoms with Crippen LogP contribution in [0.3, 0.4) is 0 Å². The van der Waals surface area contributed by atoms with Gasteiger partial charge in [0.15, 0.2) is 0 Å². The Balaban J connectivity index is 1.70. The largest absolute Gasteiger partial charge is 0.469 e. The number of rotatable bonds is 7. The maximum atomic E-state index is 14.0. The molecule has 0 bridgehead atoms. The minimum Gasteiger partial charge on any atom is -0.469 e. The van der Waals surface area contributed by atoms with E-state index in [1.54, 1.807) is 81.4 Å². The fourth-order valence-corrected chi connectivity index (χ4v) is 4.48. The molecule has 214 valence electrons. The molecule has 1 aliphatic heterocycles. The molecule has 3 aromatic rings. The maximum Gasteiger partial charge on any atom is 0.407 e. The average Bonchev–Trinajstić information content (AvgIpc) is 3.01. The number of nitrogens with two attached hydrogens (primary N) is 1. The fraction of sp³-hybridized carbons (Fsp3) is 0.290. The van der Waals surface area contributed by atoms with Crippen LogP contribution < -0.4 is 20.9 Å². The molecule has 0 saturated heterocycles. The number of nitrogens with one attached hydrogen (secondary N) is 1. The van der Waals surface area contributed by atoms with Crippen molar-refractivity contribution in [1.82, 2.24) is 5.32 Å². The highest BCUT2D eigenvalue weighted by Gasteiger charge is 2.42. The van der Waals surface area contributed by atoms with Crippen molar-refractivity contribution < 1.29 is 28.7 Å². The third kappa shape index (κ3) is 7.02. The number of hydrogen-bond donors (Lipinski definition) is 2. The van der Waals surface area contributed by atoms with Gasteiger partial charge in [0.2, 0.25) is 11.8 Å². The van der Waals surface area contributed by atoms with Crippen molar-refractivity contribution in [3.63, 3.8) is 0 Å². The van der Waals surface area contributed by atoms with E-state index in [4.69, 9.17) is 15.2 Å². The molecular formula is C31H34N4O6. The third-order valence-electron chi connectivity index (χ3n) is 6.45. The van der Waals surface area contributed by atoms with Crippen molar-refractivity contribution in [3.8, 4) is 0 Å². The minimum absolute atomic E-state index is 0.171. The lowest BCUT2D eigenvalue weighted by atomic mass is 10.0. The Kier molecular flexibility index (Phi) is 8.61. The minimum atomic E-state index is -1.31.